The summed E-state index contributed by atoms with van der Waals surface area (Å²) in [6, 6.07) is 15.5. The van der Waals surface area contributed by atoms with Crippen LogP contribution in [-0.2, 0) is 6.61 Å². The summed E-state index contributed by atoms with van der Waals surface area (Å²) in [5.74, 6) is 0.925. The summed E-state index contributed by atoms with van der Waals surface area (Å²) < 4.78 is 11.5. The van der Waals surface area contributed by atoms with Crippen LogP contribution in [0.3, 0.4) is 0 Å². The number of carbonyl (C=O) groups excluding carboxylic acids is 1. The SMILES string of the molecule is O=C1C(=Cc2cccc(Cl)c2Cl)Oc2cc(OCc3ccc(Cl)c(Cl)c3)ccc21. The van der Waals surface area contributed by atoms with Crippen LogP contribution in [0.5, 0.6) is 11.5 Å². The molecular formula is C22H12Cl4O3. The van der Waals surface area contributed by atoms with Crippen LogP contribution in [0.25, 0.3) is 6.08 Å². The lowest BCUT2D eigenvalue weighted by Crippen LogP contribution is -1.98. The Balaban J connectivity index is 1.53. The average molecular weight is 466 g/mol. The first-order valence-electron chi connectivity index (χ1n) is 8.51. The van der Waals surface area contributed by atoms with Crippen LogP contribution in [-0.4, -0.2) is 5.78 Å². The molecule has 0 saturated heterocycles. The lowest BCUT2D eigenvalue weighted by atomic mass is 10.1. The van der Waals surface area contributed by atoms with E-state index in [9.17, 15) is 4.79 Å². The van der Waals surface area contributed by atoms with Crippen molar-refractivity contribution in [2.75, 3.05) is 0 Å². The number of halogens is 4. The summed E-state index contributed by atoms with van der Waals surface area (Å²) in [5, 5.41) is 1.71. The molecule has 0 radical (unpaired) electrons. The molecule has 0 atom stereocenters. The minimum atomic E-state index is -0.230. The highest BCUT2D eigenvalue weighted by Gasteiger charge is 2.28. The Kier molecular flexibility index (Phi) is 5.75. The third kappa shape index (κ3) is 4.24. The van der Waals surface area contributed by atoms with Gasteiger partial charge in [-0.1, -0.05) is 64.6 Å². The second-order valence-corrected chi connectivity index (χ2v) is 7.88. The van der Waals surface area contributed by atoms with E-state index in [-0.39, 0.29) is 11.5 Å². The molecule has 4 rings (SSSR count). The van der Waals surface area contributed by atoms with Crippen molar-refractivity contribution in [3.8, 4) is 11.5 Å². The number of ether oxygens (including phenoxy) is 2. The van der Waals surface area contributed by atoms with Gasteiger partial charge in [-0.15, -0.1) is 0 Å². The summed E-state index contributed by atoms with van der Waals surface area (Å²) in [6.07, 6.45) is 1.58. The zero-order chi connectivity index (χ0) is 20.5. The summed E-state index contributed by atoms with van der Waals surface area (Å²) in [4.78, 5) is 12.6. The standard InChI is InChI=1S/C22H12Cl4O3/c23-16-7-4-12(8-18(16)25)11-28-14-5-6-15-19(10-14)29-20(22(15)27)9-13-2-1-3-17(24)21(13)26/h1-10H,11H2. The fraction of sp³-hybridized carbons (Fsp3) is 0.0455. The van der Waals surface area contributed by atoms with E-state index in [1.54, 1.807) is 54.6 Å². The fourth-order valence-electron chi connectivity index (χ4n) is 2.83. The van der Waals surface area contributed by atoms with Crippen LogP contribution < -0.4 is 9.47 Å². The van der Waals surface area contributed by atoms with Gasteiger partial charge >= 0.3 is 0 Å². The van der Waals surface area contributed by atoms with E-state index in [4.69, 9.17) is 55.9 Å². The van der Waals surface area contributed by atoms with Crippen molar-refractivity contribution < 1.29 is 14.3 Å². The first-order chi connectivity index (χ1) is 13.9. The van der Waals surface area contributed by atoms with Gasteiger partial charge in [0, 0.05) is 6.07 Å². The minimum Gasteiger partial charge on any atom is -0.489 e. The predicted molar refractivity (Wildman–Crippen MR) is 117 cm³/mol. The molecule has 1 aliphatic heterocycles. The minimum absolute atomic E-state index is 0.172. The smallest absolute Gasteiger partial charge is 0.231 e. The molecule has 0 spiro atoms. The molecule has 1 aliphatic rings. The van der Waals surface area contributed by atoms with Crippen LogP contribution in [0.4, 0.5) is 0 Å². The van der Waals surface area contributed by atoms with Crippen molar-refractivity contribution in [1.82, 2.24) is 0 Å². The van der Waals surface area contributed by atoms with Crippen molar-refractivity contribution in [2.45, 2.75) is 6.61 Å². The van der Waals surface area contributed by atoms with Crippen LogP contribution in [0, 0.1) is 0 Å². The Morgan fingerprint density at radius 1 is 0.897 bits per heavy atom. The summed E-state index contributed by atoms with van der Waals surface area (Å²) >= 11 is 24.2. The molecule has 0 N–H and O–H groups in total. The summed E-state index contributed by atoms with van der Waals surface area (Å²) in [6.45, 7) is 0.296. The van der Waals surface area contributed by atoms with Gasteiger partial charge < -0.3 is 9.47 Å². The Labute approximate surface area is 187 Å². The molecule has 0 unspecified atom stereocenters. The highest BCUT2D eigenvalue weighted by atomic mass is 35.5. The van der Waals surface area contributed by atoms with Crippen molar-refractivity contribution in [3.63, 3.8) is 0 Å². The second-order valence-electron chi connectivity index (χ2n) is 6.28. The maximum absolute atomic E-state index is 12.6. The van der Waals surface area contributed by atoms with Gasteiger partial charge in [0.25, 0.3) is 0 Å². The van der Waals surface area contributed by atoms with Gasteiger partial charge in [0.05, 0.1) is 25.7 Å². The average Bonchev–Trinajstić information content (AvgIpc) is 3.01. The molecule has 0 aliphatic carbocycles. The first-order valence-corrected chi connectivity index (χ1v) is 10.0. The van der Waals surface area contributed by atoms with E-state index in [0.717, 1.165) is 5.56 Å². The highest BCUT2D eigenvalue weighted by molar-refractivity contribution is 6.43. The van der Waals surface area contributed by atoms with Gasteiger partial charge in [-0.25, -0.2) is 0 Å². The van der Waals surface area contributed by atoms with Crippen molar-refractivity contribution >= 4 is 58.3 Å². The zero-order valence-electron chi connectivity index (χ0n) is 14.7. The number of benzene rings is 3. The van der Waals surface area contributed by atoms with E-state index in [2.05, 4.69) is 0 Å². The first kappa shape index (κ1) is 20.1. The largest absolute Gasteiger partial charge is 0.489 e. The third-order valence-electron chi connectivity index (χ3n) is 4.30. The number of rotatable bonds is 4. The number of hydrogen-bond donors (Lipinski definition) is 0. The quantitative estimate of drug-likeness (QED) is 0.374. The van der Waals surface area contributed by atoms with Crippen molar-refractivity contribution in [1.29, 1.82) is 0 Å². The maximum Gasteiger partial charge on any atom is 0.231 e. The van der Waals surface area contributed by atoms with Crippen LogP contribution in [0.15, 0.2) is 60.4 Å². The molecule has 3 nitrogen and oxygen atoms in total. The zero-order valence-corrected chi connectivity index (χ0v) is 17.7. The van der Waals surface area contributed by atoms with Crippen molar-refractivity contribution in [3.05, 3.63) is 97.1 Å². The molecule has 0 saturated carbocycles. The number of hydrogen-bond acceptors (Lipinski definition) is 3. The normalized spacial score (nSPS) is 14.1. The lowest BCUT2D eigenvalue weighted by Gasteiger charge is -2.08. The number of allylic oxidation sites excluding steroid dienone is 1. The van der Waals surface area contributed by atoms with E-state index in [0.29, 0.717) is 49.3 Å². The molecule has 0 amide bonds. The fourth-order valence-corrected chi connectivity index (χ4v) is 3.51. The van der Waals surface area contributed by atoms with E-state index in [1.807, 2.05) is 6.07 Å². The van der Waals surface area contributed by atoms with Crippen molar-refractivity contribution in [2.24, 2.45) is 0 Å². The summed E-state index contributed by atoms with van der Waals surface area (Å²) in [5.41, 5.74) is 1.93. The third-order valence-corrected chi connectivity index (χ3v) is 5.87. The molecule has 1 heterocycles. The Morgan fingerprint density at radius 3 is 2.52 bits per heavy atom. The molecule has 0 bridgehead atoms. The topological polar surface area (TPSA) is 35.5 Å². The Bertz CT molecular complexity index is 1150. The van der Waals surface area contributed by atoms with Gasteiger partial charge in [-0.05, 0) is 47.5 Å². The van der Waals surface area contributed by atoms with E-state index in [1.165, 1.54) is 0 Å². The van der Waals surface area contributed by atoms with Gasteiger partial charge in [-0.2, -0.15) is 0 Å². The lowest BCUT2D eigenvalue weighted by molar-refractivity contribution is 0.101. The van der Waals surface area contributed by atoms with Gasteiger partial charge in [0.2, 0.25) is 5.78 Å². The van der Waals surface area contributed by atoms with Gasteiger partial charge in [0.1, 0.15) is 18.1 Å². The Morgan fingerprint density at radius 2 is 1.72 bits per heavy atom. The van der Waals surface area contributed by atoms with Crippen LogP contribution >= 0.6 is 46.4 Å². The number of fused-ring (bicyclic) bond motifs is 1. The molecule has 3 aromatic rings. The number of carbonyl (C=O) groups is 1. The summed E-state index contributed by atoms with van der Waals surface area (Å²) in [7, 11) is 0. The van der Waals surface area contributed by atoms with E-state index < -0.39 is 0 Å². The Hall–Kier alpha value is -2.17. The molecule has 0 aromatic heterocycles. The van der Waals surface area contributed by atoms with Gasteiger partial charge in [0.15, 0.2) is 5.76 Å². The maximum atomic E-state index is 12.6. The molecule has 146 valence electrons. The highest BCUT2D eigenvalue weighted by Crippen LogP contribution is 2.36. The molecule has 3 aromatic carbocycles. The number of ketones is 1. The molecular weight excluding hydrogens is 454 g/mol. The predicted octanol–water partition coefficient (Wildman–Crippen LogP) is 7.50. The molecule has 29 heavy (non-hydrogen) atoms. The molecule has 7 heteroatoms. The van der Waals surface area contributed by atoms with Crippen LogP contribution in [0.2, 0.25) is 20.1 Å². The van der Waals surface area contributed by atoms with Crippen LogP contribution in [0.1, 0.15) is 21.5 Å². The molecule has 0 fully saturated rings. The van der Waals surface area contributed by atoms with Gasteiger partial charge in [-0.3, -0.25) is 4.79 Å². The monoisotopic (exact) mass is 464 g/mol. The van der Waals surface area contributed by atoms with E-state index >= 15 is 0 Å². The second kappa shape index (κ2) is 8.29. The number of Topliss-reactive ketones (excluding diaryl/α,β-unsaturated/α-hetero) is 1.